The molecule has 0 aromatic carbocycles. The van der Waals surface area contributed by atoms with Crippen LogP contribution in [0.15, 0.2) is 34.2 Å². The van der Waals surface area contributed by atoms with Crippen molar-refractivity contribution in [1.82, 2.24) is 4.98 Å². The van der Waals surface area contributed by atoms with E-state index in [-0.39, 0.29) is 5.41 Å². The lowest BCUT2D eigenvalue weighted by Gasteiger charge is -2.61. The van der Waals surface area contributed by atoms with Crippen molar-refractivity contribution in [2.45, 2.75) is 96.2 Å². The highest BCUT2D eigenvalue weighted by Crippen LogP contribution is 2.65. The van der Waals surface area contributed by atoms with E-state index >= 15 is 0 Å². The summed E-state index contributed by atoms with van der Waals surface area (Å²) in [5, 5.41) is 0. The molecule has 0 spiro atoms. The second kappa shape index (κ2) is 9.97. The molecule has 2 nitrogen and oxygen atoms in total. The number of rotatable bonds is 7. The number of hydrogen-bond donors (Lipinski definition) is 0. The van der Waals surface area contributed by atoms with Crippen molar-refractivity contribution in [3.8, 4) is 0 Å². The number of fused-ring (bicyclic) bond motifs is 4. The summed E-state index contributed by atoms with van der Waals surface area (Å²) >= 11 is 3.78. The fourth-order valence-electron chi connectivity index (χ4n) is 8.70. The normalized spacial score (nSPS) is 36.2. The maximum atomic E-state index is 12.2. The quantitative estimate of drug-likeness (QED) is 0.271. The topological polar surface area (TPSA) is 30.0 Å². The Labute approximate surface area is 221 Å². The monoisotopic (exact) mass is 509 g/mol. The number of hydrogen-bond acceptors (Lipinski definition) is 4. The molecule has 35 heavy (non-hydrogen) atoms. The van der Waals surface area contributed by atoms with Crippen LogP contribution in [0.3, 0.4) is 0 Å². The van der Waals surface area contributed by atoms with Crippen LogP contribution < -0.4 is 0 Å². The van der Waals surface area contributed by atoms with Crippen LogP contribution in [0.4, 0.5) is 0 Å². The third-order valence-electron chi connectivity index (χ3n) is 9.89. The Morgan fingerprint density at radius 2 is 2.11 bits per heavy atom. The van der Waals surface area contributed by atoms with Gasteiger partial charge in [-0.2, -0.15) is 0 Å². The molecule has 0 aliphatic heterocycles. The largest absolute Gasteiger partial charge is 0.295 e. The number of nitrogens with zero attached hydrogens (tertiary/aromatic N) is 1. The van der Waals surface area contributed by atoms with Crippen LogP contribution in [0.25, 0.3) is 6.08 Å². The maximum Gasteiger partial charge on any atom is 0.155 e. The Kier molecular flexibility index (Phi) is 7.27. The molecule has 4 aliphatic carbocycles. The summed E-state index contributed by atoms with van der Waals surface area (Å²) in [6.45, 7) is 14.6. The first-order valence-corrected chi connectivity index (χ1v) is 15.7. The van der Waals surface area contributed by atoms with Crippen LogP contribution >= 0.6 is 23.1 Å². The second-order valence-electron chi connectivity index (χ2n) is 12.5. The average molecular weight is 510 g/mol. The van der Waals surface area contributed by atoms with E-state index in [9.17, 15) is 4.79 Å². The first-order valence-electron chi connectivity index (χ1n) is 13.9. The lowest BCUT2D eigenvalue weighted by Crippen LogP contribution is -2.54. The number of ketones is 1. The lowest BCUT2D eigenvalue weighted by molar-refractivity contribution is -0.119. The van der Waals surface area contributed by atoms with E-state index in [4.69, 9.17) is 4.98 Å². The summed E-state index contributed by atoms with van der Waals surface area (Å²) in [4.78, 5) is 18.5. The summed E-state index contributed by atoms with van der Waals surface area (Å²) in [7, 11) is 0. The predicted molar refractivity (Wildman–Crippen MR) is 151 cm³/mol. The van der Waals surface area contributed by atoms with E-state index in [0.29, 0.717) is 17.1 Å². The molecule has 1 heterocycles. The Balaban J connectivity index is 1.31. The van der Waals surface area contributed by atoms with Gasteiger partial charge in [-0.05, 0) is 98.0 Å². The molecule has 190 valence electrons. The van der Waals surface area contributed by atoms with Crippen LogP contribution in [-0.2, 0) is 11.2 Å². The van der Waals surface area contributed by atoms with Crippen molar-refractivity contribution in [2.75, 3.05) is 5.75 Å². The highest BCUT2D eigenvalue weighted by Gasteiger charge is 2.57. The van der Waals surface area contributed by atoms with Gasteiger partial charge in [0.05, 0.1) is 5.69 Å². The van der Waals surface area contributed by atoms with Crippen molar-refractivity contribution < 1.29 is 4.79 Å². The van der Waals surface area contributed by atoms with Gasteiger partial charge in [0.1, 0.15) is 0 Å². The number of aromatic nitrogens is 1. The number of carbonyl (C=O) groups is 1. The van der Waals surface area contributed by atoms with E-state index < -0.39 is 0 Å². The molecular formula is C31H43NOS2. The van der Waals surface area contributed by atoms with E-state index in [1.54, 1.807) is 0 Å². The van der Waals surface area contributed by atoms with Crippen molar-refractivity contribution in [2.24, 2.45) is 34.5 Å². The number of thioether (sulfide) groups is 1. The SMILES string of the molecule is C=C(CSc1nc2c(s1)CCC=C2)CC1(C)CC(C)C2C(CCC3=CC(=O)CCC32C)C1CCC. The average Bonchev–Trinajstić information content (AvgIpc) is 3.23. The fraction of sp³-hybridized carbons (Fsp3) is 0.677. The van der Waals surface area contributed by atoms with Gasteiger partial charge in [0.15, 0.2) is 10.1 Å². The van der Waals surface area contributed by atoms with Crippen LogP contribution in [0.2, 0.25) is 0 Å². The first kappa shape index (κ1) is 25.5. The molecule has 6 atom stereocenters. The van der Waals surface area contributed by atoms with Gasteiger partial charge in [-0.25, -0.2) is 4.98 Å². The third kappa shape index (κ3) is 4.79. The van der Waals surface area contributed by atoms with Crippen molar-refractivity contribution in [3.05, 3.63) is 40.4 Å². The van der Waals surface area contributed by atoms with Crippen LogP contribution in [0, 0.1) is 34.5 Å². The molecule has 4 aliphatic rings. The van der Waals surface area contributed by atoms with Gasteiger partial charge in [-0.1, -0.05) is 69.7 Å². The zero-order valence-corrected chi connectivity index (χ0v) is 23.8. The zero-order chi connectivity index (χ0) is 24.8. The van der Waals surface area contributed by atoms with Gasteiger partial charge in [0.2, 0.25) is 0 Å². The van der Waals surface area contributed by atoms with Gasteiger partial charge >= 0.3 is 0 Å². The van der Waals surface area contributed by atoms with Crippen LogP contribution in [-0.4, -0.2) is 16.5 Å². The van der Waals surface area contributed by atoms with Crippen LogP contribution in [0.5, 0.6) is 0 Å². The first-order chi connectivity index (χ1) is 16.7. The zero-order valence-electron chi connectivity index (χ0n) is 22.2. The molecule has 2 saturated carbocycles. The van der Waals surface area contributed by atoms with Gasteiger partial charge in [0, 0.05) is 17.1 Å². The highest BCUT2D eigenvalue weighted by molar-refractivity contribution is 8.01. The Morgan fingerprint density at radius 3 is 2.89 bits per heavy atom. The summed E-state index contributed by atoms with van der Waals surface area (Å²) in [6.07, 6.45) is 18.0. The minimum Gasteiger partial charge on any atom is -0.295 e. The second-order valence-corrected chi connectivity index (χ2v) is 14.8. The van der Waals surface area contributed by atoms with Gasteiger partial charge in [-0.3, -0.25) is 4.79 Å². The van der Waals surface area contributed by atoms with Crippen molar-refractivity contribution >= 4 is 35.0 Å². The standard InChI is InChI=1S/C31H43NOS2/c1-6-9-25-24-13-12-22-16-23(33)14-15-31(22,5)28(24)21(3)18-30(25,4)17-20(2)19-34-29-32-26-10-7-8-11-27(26)35-29/h7,10,16,21,24-25,28H,2,6,8-9,11-15,17-19H2,1,3-5H3. The molecule has 0 saturated heterocycles. The van der Waals surface area contributed by atoms with Crippen molar-refractivity contribution in [3.63, 3.8) is 0 Å². The summed E-state index contributed by atoms with van der Waals surface area (Å²) < 4.78 is 1.21. The molecule has 0 bridgehead atoms. The maximum absolute atomic E-state index is 12.2. The molecule has 4 heteroatoms. The predicted octanol–water partition coefficient (Wildman–Crippen LogP) is 8.93. The van der Waals surface area contributed by atoms with E-state index in [0.717, 1.165) is 62.0 Å². The summed E-state index contributed by atoms with van der Waals surface area (Å²) in [6, 6.07) is 0. The van der Waals surface area contributed by atoms with Crippen molar-refractivity contribution in [1.29, 1.82) is 0 Å². The van der Waals surface area contributed by atoms with E-state index in [1.165, 1.54) is 51.7 Å². The Hall–Kier alpha value is -1.13. The van der Waals surface area contributed by atoms with Gasteiger partial charge < -0.3 is 0 Å². The van der Waals surface area contributed by atoms with Gasteiger partial charge in [0.25, 0.3) is 0 Å². The van der Waals surface area contributed by atoms with Gasteiger partial charge in [-0.15, -0.1) is 11.3 Å². The number of aryl methyl sites for hydroxylation is 1. The smallest absolute Gasteiger partial charge is 0.155 e. The summed E-state index contributed by atoms with van der Waals surface area (Å²) in [5.74, 6) is 4.29. The number of thiazole rings is 1. The Morgan fingerprint density at radius 1 is 1.29 bits per heavy atom. The Bertz CT molecular complexity index is 1050. The molecule has 0 radical (unpaired) electrons. The minimum absolute atomic E-state index is 0.231. The molecule has 5 rings (SSSR count). The number of allylic oxidation sites excluding steroid dienone is 3. The fourth-order valence-corrected chi connectivity index (χ4v) is 10.8. The molecule has 1 aromatic rings. The van der Waals surface area contributed by atoms with Crippen LogP contribution in [0.1, 0.15) is 96.1 Å². The lowest BCUT2D eigenvalue weighted by atomic mass is 9.43. The molecule has 1 aromatic heterocycles. The highest BCUT2D eigenvalue weighted by atomic mass is 32.2. The third-order valence-corrected chi connectivity index (χ3v) is 12.3. The minimum atomic E-state index is 0.231. The van der Waals surface area contributed by atoms with E-state index in [1.807, 2.05) is 29.2 Å². The molecule has 0 N–H and O–H groups in total. The molecular weight excluding hydrogens is 466 g/mol. The molecule has 6 unspecified atom stereocenters. The number of carbonyl (C=O) groups excluding carboxylic acids is 1. The molecule has 0 amide bonds. The molecule has 2 fully saturated rings. The van der Waals surface area contributed by atoms with E-state index in [2.05, 4.69) is 46.4 Å². The summed E-state index contributed by atoms with van der Waals surface area (Å²) in [5.41, 5.74) is 4.61.